The number of alkyl halides is 3. The standard InChI is InChI=1S/C22H25F3O/c1-2-16-7-6-10-19(13-16)26-15-17-11-12-20(18-8-4-3-5-9-18)21(14-17)22(23,24)25/h6-7,10-14,18H,2-5,8-9,15H2,1H3. The maximum atomic E-state index is 13.6. The molecule has 0 atom stereocenters. The van der Waals surface area contributed by atoms with Crippen LogP contribution < -0.4 is 4.74 Å². The summed E-state index contributed by atoms with van der Waals surface area (Å²) in [6, 6.07) is 12.4. The summed E-state index contributed by atoms with van der Waals surface area (Å²) in [5.41, 5.74) is 1.66. The SMILES string of the molecule is CCc1cccc(OCc2ccc(C3CCCCC3)c(C(F)(F)F)c2)c1. The zero-order valence-corrected chi connectivity index (χ0v) is 15.1. The highest BCUT2D eigenvalue weighted by Crippen LogP contribution is 2.41. The molecule has 0 unspecified atom stereocenters. The van der Waals surface area contributed by atoms with Gasteiger partial charge in [-0.2, -0.15) is 13.2 Å². The highest BCUT2D eigenvalue weighted by Gasteiger charge is 2.35. The zero-order chi connectivity index (χ0) is 18.6. The summed E-state index contributed by atoms with van der Waals surface area (Å²) in [5.74, 6) is 0.714. The predicted octanol–water partition coefficient (Wildman–Crippen LogP) is 6.89. The van der Waals surface area contributed by atoms with Crippen LogP contribution in [0.25, 0.3) is 0 Å². The minimum absolute atomic E-state index is 0.0246. The van der Waals surface area contributed by atoms with Crippen LogP contribution in [-0.2, 0) is 19.2 Å². The van der Waals surface area contributed by atoms with Gasteiger partial charge in [0.15, 0.2) is 0 Å². The fourth-order valence-corrected chi connectivity index (χ4v) is 3.73. The molecular weight excluding hydrogens is 337 g/mol. The molecule has 26 heavy (non-hydrogen) atoms. The summed E-state index contributed by atoms with van der Waals surface area (Å²) in [5, 5.41) is 0. The van der Waals surface area contributed by atoms with E-state index in [0.717, 1.165) is 44.1 Å². The predicted molar refractivity (Wildman–Crippen MR) is 97.4 cm³/mol. The minimum Gasteiger partial charge on any atom is -0.489 e. The molecule has 0 amide bonds. The molecule has 0 aromatic heterocycles. The van der Waals surface area contributed by atoms with E-state index in [1.807, 2.05) is 24.3 Å². The van der Waals surface area contributed by atoms with Crippen molar-refractivity contribution in [2.45, 2.75) is 64.1 Å². The summed E-state index contributed by atoms with van der Waals surface area (Å²) in [6.45, 7) is 2.19. The molecule has 2 aromatic carbocycles. The Bertz CT molecular complexity index is 730. The number of hydrogen-bond acceptors (Lipinski definition) is 1. The van der Waals surface area contributed by atoms with Gasteiger partial charge in [0.05, 0.1) is 5.56 Å². The van der Waals surface area contributed by atoms with Gasteiger partial charge in [-0.15, -0.1) is 0 Å². The van der Waals surface area contributed by atoms with Crippen molar-refractivity contribution in [2.24, 2.45) is 0 Å². The molecule has 0 radical (unpaired) electrons. The van der Waals surface area contributed by atoms with Crippen molar-refractivity contribution < 1.29 is 17.9 Å². The van der Waals surface area contributed by atoms with Crippen LogP contribution in [0.3, 0.4) is 0 Å². The molecule has 4 heteroatoms. The third-order valence-electron chi connectivity index (χ3n) is 5.18. The second-order valence-corrected chi connectivity index (χ2v) is 7.04. The number of hydrogen-bond donors (Lipinski definition) is 0. The number of ether oxygens (including phenoxy) is 1. The van der Waals surface area contributed by atoms with E-state index in [1.54, 1.807) is 12.1 Å². The molecule has 0 heterocycles. The lowest BCUT2D eigenvalue weighted by molar-refractivity contribution is -0.138. The van der Waals surface area contributed by atoms with Crippen molar-refractivity contribution in [2.75, 3.05) is 0 Å². The molecule has 0 N–H and O–H groups in total. The van der Waals surface area contributed by atoms with E-state index in [-0.39, 0.29) is 12.5 Å². The summed E-state index contributed by atoms with van der Waals surface area (Å²) < 4.78 is 46.5. The van der Waals surface area contributed by atoms with Crippen molar-refractivity contribution in [3.63, 3.8) is 0 Å². The van der Waals surface area contributed by atoms with Crippen molar-refractivity contribution in [3.8, 4) is 5.75 Å². The molecule has 1 saturated carbocycles. The molecule has 1 nitrogen and oxygen atoms in total. The quantitative estimate of drug-likeness (QED) is 0.562. The van der Waals surface area contributed by atoms with Crippen LogP contribution in [0.15, 0.2) is 42.5 Å². The van der Waals surface area contributed by atoms with Gasteiger partial charge in [0.2, 0.25) is 0 Å². The maximum absolute atomic E-state index is 13.6. The van der Waals surface area contributed by atoms with Gasteiger partial charge >= 0.3 is 6.18 Å². The first-order chi connectivity index (χ1) is 12.5. The van der Waals surface area contributed by atoms with Gasteiger partial charge in [-0.3, -0.25) is 0 Å². The maximum Gasteiger partial charge on any atom is 0.416 e. The van der Waals surface area contributed by atoms with E-state index in [2.05, 4.69) is 6.92 Å². The van der Waals surface area contributed by atoms with Crippen LogP contribution in [0.4, 0.5) is 13.2 Å². The Kier molecular flexibility index (Phi) is 5.90. The fourth-order valence-electron chi connectivity index (χ4n) is 3.73. The average Bonchev–Trinajstić information content (AvgIpc) is 2.66. The van der Waals surface area contributed by atoms with Crippen molar-refractivity contribution in [1.82, 2.24) is 0 Å². The van der Waals surface area contributed by atoms with Crippen molar-refractivity contribution in [3.05, 3.63) is 64.7 Å². The van der Waals surface area contributed by atoms with Crippen LogP contribution in [0.5, 0.6) is 5.75 Å². The Morgan fingerprint density at radius 2 is 1.73 bits per heavy atom. The van der Waals surface area contributed by atoms with E-state index in [1.165, 1.54) is 6.07 Å². The van der Waals surface area contributed by atoms with E-state index in [4.69, 9.17) is 4.74 Å². The summed E-state index contributed by atoms with van der Waals surface area (Å²) >= 11 is 0. The molecular formula is C22H25F3O. The van der Waals surface area contributed by atoms with Gasteiger partial charge in [-0.05, 0) is 60.1 Å². The van der Waals surface area contributed by atoms with Gasteiger partial charge in [-0.25, -0.2) is 0 Å². The normalized spacial score (nSPS) is 15.8. The Morgan fingerprint density at radius 3 is 2.42 bits per heavy atom. The number of rotatable bonds is 5. The topological polar surface area (TPSA) is 9.23 Å². The molecule has 1 fully saturated rings. The second kappa shape index (κ2) is 8.15. The van der Waals surface area contributed by atoms with Gasteiger partial charge in [-0.1, -0.05) is 50.5 Å². The largest absolute Gasteiger partial charge is 0.489 e. The number of aryl methyl sites for hydroxylation is 1. The first-order valence-corrected chi connectivity index (χ1v) is 9.39. The molecule has 3 rings (SSSR count). The van der Waals surface area contributed by atoms with E-state index in [9.17, 15) is 13.2 Å². The summed E-state index contributed by atoms with van der Waals surface area (Å²) in [7, 11) is 0. The van der Waals surface area contributed by atoms with Crippen molar-refractivity contribution in [1.29, 1.82) is 0 Å². The van der Waals surface area contributed by atoms with Crippen LogP contribution in [0, 0.1) is 0 Å². The van der Waals surface area contributed by atoms with Gasteiger partial charge in [0.25, 0.3) is 0 Å². The molecule has 0 bridgehead atoms. The zero-order valence-electron chi connectivity index (χ0n) is 15.1. The minimum atomic E-state index is -4.33. The Morgan fingerprint density at radius 1 is 0.962 bits per heavy atom. The van der Waals surface area contributed by atoms with Crippen LogP contribution in [0.1, 0.15) is 67.2 Å². The summed E-state index contributed by atoms with van der Waals surface area (Å²) in [4.78, 5) is 0. The molecule has 0 saturated heterocycles. The van der Waals surface area contributed by atoms with Crippen LogP contribution >= 0.6 is 0 Å². The smallest absolute Gasteiger partial charge is 0.416 e. The van der Waals surface area contributed by atoms with E-state index in [0.29, 0.717) is 16.9 Å². The summed E-state index contributed by atoms with van der Waals surface area (Å²) in [6.07, 6.45) is 1.42. The Balaban J connectivity index is 1.79. The lowest BCUT2D eigenvalue weighted by atomic mass is 9.81. The molecule has 0 aliphatic heterocycles. The second-order valence-electron chi connectivity index (χ2n) is 7.04. The highest BCUT2D eigenvalue weighted by molar-refractivity contribution is 5.37. The molecule has 2 aromatic rings. The average molecular weight is 362 g/mol. The highest BCUT2D eigenvalue weighted by atomic mass is 19.4. The number of halogens is 3. The first-order valence-electron chi connectivity index (χ1n) is 9.39. The Hall–Kier alpha value is -1.97. The lowest BCUT2D eigenvalue weighted by Crippen LogP contribution is -2.15. The third-order valence-corrected chi connectivity index (χ3v) is 5.18. The van der Waals surface area contributed by atoms with E-state index < -0.39 is 11.7 Å². The van der Waals surface area contributed by atoms with Gasteiger partial charge in [0, 0.05) is 0 Å². The molecule has 0 spiro atoms. The molecule has 1 aliphatic carbocycles. The van der Waals surface area contributed by atoms with Gasteiger partial charge in [0.1, 0.15) is 12.4 Å². The third kappa shape index (κ3) is 4.60. The Labute approximate surface area is 153 Å². The number of benzene rings is 2. The molecule has 140 valence electrons. The van der Waals surface area contributed by atoms with E-state index >= 15 is 0 Å². The molecule has 1 aliphatic rings. The lowest BCUT2D eigenvalue weighted by Gasteiger charge is -2.25. The fraction of sp³-hybridized carbons (Fsp3) is 0.455. The van der Waals surface area contributed by atoms with Crippen LogP contribution in [0.2, 0.25) is 0 Å². The van der Waals surface area contributed by atoms with Gasteiger partial charge < -0.3 is 4.74 Å². The first kappa shape index (κ1) is 18.8. The van der Waals surface area contributed by atoms with Crippen LogP contribution in [-0.4, -0.2) is 0 Å². The monoisotopic (exact) mass is 362 g/mol. The van der Waals surface area contributed by atoms with Crippen molar-refractivity contribution >= 4 is 0 Å².